The molecule has 0 aromatic heterocycles. The summed E-state index contributed by atoms with van der Waals surface area (Å²) in [7, 11) is 0. The van der Waals surface area contributed by atoms with Crippen LogP contribution in [0, 0.1) is 0 Å². The predicted octanol–water partition coefficient (Wildman–Crippen LogP) is 2.31. The van der Waals surface area contributed by atoms with E-state index in [1.54, 1.807) is 0 Å². The van der Waals surface area contributed by atoms with Crippen LogP contribution < -0.4 is 8.92 Å². The van der Waals surface area contributed by atoms with Crippen LogP contribution in [0.3, 0.4) is 0 Å². The number of hydrogen-bond acceptors (Lipinski definition) is 0. The summed E-state index contributed by atoms with van der Waals surface area (Å²) in [4.78, 5) is 4.59. The Bertz CT molecular complexity index is 313. The van der Waals surface area contributed by atoms with Gasteiger partial charge in [0.05, 0.1) is 0 Å². The first kappa shape index (κ1) is 18.1. The van der Waals surface area contributed by atoms with Gasteiger partial charge in [-0.2, -0.15) is 0 Å². The Balaban J connectivity index is 0.000000770. The summed E-state index contributed by atoms with van der Waals surface area (Å²) in [6.45, 7) is 8.91. The van der Waals surface area contributed by atoms with Gasteiger partial charge >= 0.3 is 135 Å². The SMILES string of the molecule is CC(C)c1ccc(C(C)C)c([Se])c1[Se].[CH3][Sn][CH3]. The summed E-state index contributed by atoms with van der Waals surface area (Å²) in [5.74, 6) is 1.17. The van der Waals surface area contributed by atoms with Crippen molar-refractivity contribution in [3.63, 3.8) is 0 Å². The maximum atomic E-state index is 3.18. The van der Waals surface area contributed by atoms with E-state index in [4.69, 9.17) is 0 Å². The number of hydrogen-bond donors (Lipinski definition) is 0. The Morgan fingerprint density at radius 3 is 1.24 bits per heavy atom. The van der Waals surface area contributed by atoms with Gasteiger partial charge < -0.3 is 0 Å². The molecule has 0 unspecified atom stereocenters. The first-order chi connectivity index (χ1) is 7.86. The van der Waals surface area contributed by atoms with Gasteiger partial charge in [0.25, 0.3) is 0 Å². The third kappa shape index (κ3) is 5.70. The van der Waals surface area contributed by atoms with Gasteiger partial charge in [-0.1, -0.05) is 0 Å². The van der Waals surface area contributed by atoms with E-state index in [2.05, 4.69) is 81.7 Å². The molecule has 0 amide bonds. The number of rotatable bonds is 2. The average Bonchev–Trinajstić information content (AvgIpc) is 2.22. The van der Waals surface area contributed by atoms with Crippen LogP contribution in [0.25, 0.3) is 0 Å². The van der Waals surface area contributed by atoms with Gasteiger partial charge in [-0.3, -0.25) is 0 Å². The van der Waals surface area contributed by atoms with Gasteiger partial charge in [0.2, 0.25) is 0 Å². The average molecular weight is 467 g/mol. The van der Waals surface area contributed by atoms with Crippen molar-refractivity contribution in [3.8, 4) is 0 Å². The molecule has 0 aliphatic carbocycles. The normalized spacial score (nSPS) is 10.4. The Morgan fingerprint density at radius 1 is 0.824 bits per heavy atom. The third-order valence-electron chi connectivity index (χ3n) is 2.42. The van der Waals surface area contributed by atoms with Crippen LogP contribution in [0.5, 0.6) is 0 Å². The van der Waals surface area contributed by atoms with Crippen LogP contribution in [0.2, 0.25) is 9.88 Å². The monoisotopic (exact) mass is 470 g/mol. The van der Waals surface area contributed by atoms with Crippen molar-refractivity contribution in [2.24, 2.45) is 0 Å². The quantitative estimate of drug-likeness (QED) is 0.587. The zero-order chi connectivity index (χ0) is 13.6. The molecule has 94 valence electrons. The summed E-state index contributed by atoms with van der Waals surface area (Å²) < 4.78 is 2.59. The van der Waals surface area contributed by atoms with Crippen molar-refractivity contribution in [1.29, 1.82) is 0 Å². The van der Waals surface area contributed by atoms with Crippen molar-refractivity contribution in [3.05, 3.63) is 23.3 Å². The molecule has 0 fully saturated rings. The topological polar surface area (TPSA) is 0 Å². The molecule has 0 spiro atoms. The molecule has 0 atom stereocenters. The van der Waals surface area contributed by atoms with Crippen molar-refractivity contribution in [2.75, 3.05) is 0 Å². The van der Waals surface area contributed by atoms with Crippen LogP contribution >= 0.6 is 0 Å². The molecular formula is C14H22Se2Sn. The van der Waals surface area contributed by atoms with E-state index in [1.165, 1.54) is 20.1 Å². The van der Waals surface area contributed by atoms with E-state index in [-0.39, 0.29) is 21.1 Å². The van der Waals surface area contributed by atoms with Crippen molar-refractivity contribution in [1.82, 2.24) is 0 Å². The van der Waals surface area contributed by atoms with E-state index >= 15 is 0 Å². The first-order valence-corrected chi connectivity index (χ1v) is 13.4. The van der Waals surface area contributed by atoms with Crippen LogP contribution in [-0.2, 0) is 0 Å². The molecule has 0 bridgehead atoms. The molecule has 0 N–H and O–H groups in total. The number of benzene rings is 1. The molecular weight excluding hydrogens is 445 g/mol. The Kier molecular flexibility index (Phi) is 9.60. The molecule has 17 heavy (non-hydrogen) atoms. The van der Waals surface area contributed by atoms with E-state index in [0.717, 1.165) is 0 Å². The Morgan fingerprint density at radius 2 is 1.06 bits per heavy atom. The van der Waals surface area contributed by atoms with E-state index < -0.39 is 0 Å². The van der Waals surface area contributed by atoms with Crippen LogP contribution in [0.1, 0.15) is 50.7 Å². The summed E-state index contributed by atoms with van der Waals surface area (Å²) in [5, 5.41) is 0. The fraction of sp³-hybridized carbons (Fsp3) is 0.571. The third-order valence-corrected chi connectivity index (χ3v) is 4.92. The molecule has 0 aliphatic rings. The fourth-order valence-corrected chi connectivity index (χ4v) is 3.27. The van der Waals surface area contributed by atoms with E-state index in [1.807, 2.05) is 0 Å². The second-order valence-electron chi connectivity index (χ2n) is 4.71. The Hall–Kier alpha value is 1.06. The van der Waals surface area contributed by atoms with Gasteiger partial charge in [-0.15, -0.1) is 0 Å². The molecule has 0 aliphatic heterocycles. The van der Waals surface area contributed by atoms with Gasteiger partial charge in [0.15, 0.2) is 0 Å². The predicted molar refractivity (Wildman–Crippen MR) is 82.9 cm³/mol. The zero-order valence-electron chi connectivity index (χ0n) is 11.6. The fourth-order valence-electron chi connectivity index (χ4n) is 1.50. The van der Waals surface area contributed by atoms with E-state index in [0.29, 0.717) is 11.8 Å². The molecule has 1 rings (SSSR count). The molecule has 0 heterocycles. The van der Waals surface area contributed by atoms with Gasteiger partial charge in [0, 0.05) is 0 Å². The minimum absolute atomic E-state index is 0.230. The Labute approximate surface area is 134 Å². The van der Waals surface area contributed by atoms with Crippen LogP contribution in [-0.4, -0.2) is 53.2 Å². The van der Waals surface area contributed by atoms with Gasteiger partial charge in [0.1, 0.15) is 0 Å². The molecule has 1 aromatic carbocycles. The molecule has 1 aromatic rings. The first-order valence-electron chi connectivity index (χ1n) is 5.96. The van der Waals surface area contributed by atoms with Crippen LogP contribution in [0.4, 0.5) is 0 Å². The maximum absolute atomic E-state index is 3.18. The van der Waals surface area contributed by atoms with Gasteiger partial charge in [-0.05, 0) is 0 Å². The molecule has 0 nitrogen and oxygen atoms in total. The summed E-state index contributed by atoms with van der Waals surface area (Å²) in [6.07, 6.45) is 0. The minimum atomic E-state index is 0.230. The van der Waals surface area contributed by atoms with Crippen molar-refractivity contribution in [2.45, 2.75) is 49.4 Å². The summed E-state index contributed by atoms with van der Waals surface area (Å²) in [6, 6.07) is 4.49. The summed E-state index contributed by atoms with van der Waals surface area (Å²) in [5.41, 5.74) is 2.81. The van der Waals surface area contributed by atoms with E-state index in [9.17, 15) is 0 Å². The second kappa shape index (κ2) is 9.04. The molecule has 4 radical (unpaired) electrons. The second-order valence-corrected chi connectivity index (χ2v) is 9.28. The molecule has 0 saturated heterocycles. The summed E-state index contributed by atoms with van der Waals surface area (Å²) >= 11 is 6.60. The van der Waals surface area contributed by atoms with Crippen molar-refractivity contribution >= 4 is 62.1 Å². The molecule has 3 heteroatoms. The molecule has 0 saturated carbocycles. The van der Waals surface area contributed by atoms with Gasteiger partial charge in [-0.25, -0.2) is 0 Å². The standard InChI is InChI=1S/C12H16Se2.2CH3.Sn/c1-7(2)9-5-6-10(8(3)4)12(14)11(9)13;;;/h5-8H,1-4H3;2*1H3;. The zero-order valence-corrected chi connectivity index (χ0v) is 17.9. The van der Waals surface area contributed by atoms with Crippen molar-refractivity contribution < 1.29 is 0 Å². The van der Waals surface area contributed by atoms with Crippen LogP contribution in [0.15, 0.2) is 12.1 Å².